The van der Waals surface area contributed by atoms with E-state index in [2.05, 4.69) is 5.16 Å². The lowest BCUT2D eigenvalue weighted by atomic mass is 9.88. The molecule has 0 aromatic heterocycles. The molecule has 1 spiro atoms. The van der Waals surface area contributed by atoms with E-state index in [0.29, 0.717) is 12.8 Å². The van der Waals surface area contributed by atoms with Gasteiger partial charge in [0.2, 0.25) is 11.9 Å². The average Bonchev–Trinajstić information content (AvgIpc) is 2.68. The van der Waals surface area contributed by atoms with Gasteiger partial charge in [-0.2, -0.15) is 17.6 Å². The van der Waals surface area contributed by atoms with Gasteiger partial charge in [-0.25, -0.2) is 0 Å². The molecule has 0 saturated carbocycles. The number of likely N-dealkylation sites (tertiary alicyclic amines) is 1. The Hall–Kier alpha value is -1.34. The van der Waals surface area contributed by atoms with Crippen molar-refractivity contribution in [2.24, 2.45) is 5.16 Å². The topological polar surface area (TPSA) is 41.9 Å². The maximum Gasteiger partial charge on any atom is 0.389 e. The number of hydrogen-bond acceptors (Lipinski definition) is 3. The summed E-state index contributed by atoms with van der Waals surface area (Å²) in [6.45, 7) is 0.555. The first-order valence-corrected chi connectivity index (χ1v) is 6.05. The van der Waals surface area contributed by atoms with Gasteiger partial charge in [0.15, 0.2) is 0 Å². The van der Waals surface area contributed by atoms with Crippen molar-refractivity contribution in [1.29, 1.82) is 0 Å². The Bertz CT molecular complexity index is 387. The molecule has 1 fully saturated rings. The van der Waals surface area contributed by atoms with E-state index in [1.807, 2.05) is 0 Å². The highest BCUT2D eigenvalue weighted by Crippen LogP contribution is 2.35. The minimum absolute atomic E-state index is 0.0809. The van der Waals surface area contributed by atoms with E-state index in [4.69, 9.17) is 4.84 Å². The molecule has 0 N–H and O–H groups in total. The molecule has 0 aromatic rings. The second-order valence-corrected chi connectivity index (χ2v) is 4.91. The van der Waals surface area contributed by atoms with Gasteiger partial charge in [0, 0.05) is 32.4 Å². The van der Waals surface area contributed by atoms with Gasteiger partial charge < -0.3 is 9.74 Å². The summed E-state index contributed by atoms with van der Waals surface area (Å²) in [5.41, 5.74) is -0.703. The molecule has 8 heteroatoms. The number of alkyl halides is 3. The Morgan fingerprint density at radius 3 is 2.47 bits per heavy atom. The lowest BCUT2D eigenvalue weighted by Crippen LogP contribution is -2.46. The Kier molecular flexibility index (Phi) is 3.69. The number of carbonyl (C=O) groups excluding carboxylic acids is 1. The number of rotatable bonds is 2. The molecular formula is C11H14F4N2O2. The molecule has 0 unspecified atom stereocenters. The fourth-order valence-electron chi connectivity index (χ4n) is 2.32. The molecule has 2 heterocycles. The molecule has 2 rings (SSSR count). The third kappa shape index (κ3) is 3.57. The fraction of sp³-hybridized carbons (Fsp3) is 0.818. The lowest BCUT2D eigenvalue weighted by molar-refractivity contribution is -0.152. The van der Waals surface area contributed by atoms with E-state index in [1.54, 1.807) is 0 Å². The van der Waals surface area contributed by atoms with Crippen LogP contribution < -0.4 is 0 Å². The smallest absolute Gasteiger partial charge is 0.386 e. The lowest BCUT2D eigenvalue weighted by Gasteiger charge is -2.37. The monoisotopic (exact) mass is 282 g/mol. The second-order valence-electron chi connectivity index (χ2n) is 4.91. The maximum absolute atomic E-state index is 12.9. The molecular weight excluding hydrogens is 268 g/mol. The maximum atomic E-state index is 12.9. The van der Waals surface area contributed by atoms with Crippen LogP contribution in [0.2, 0.25) is 0 Å². The van der Waals surface area contributed by atoms with Crippen molar-refractivity contribution in [3.8, 4) is 0 Å². The van der Waals surface area contributed by atoms with E-state index < -0.39 is 36.5 Å². The Morgan fingerprint density at radius 2 is 2.00 bits per heavy atom. The van der Waals surface area contributed by atoms with Gasteiger partial charge in [0.05, 0.1) is 12.8 Å². The van der Waals surface area contributed by atoms with E-state index >= 15 is 0 Å². The number of carbonyl (C=O) groups is 1. The van der Waals surface area contributed by atoms with Gasteiger partial charge in [-0.3, -0.25) is 4.79 Å². The average molecular weight is 282 g/mol. The first-order valence-electron chi connectivity index (χ1n) is 6.05. The van der Waals surface area contributed by atoms with Gasteiger partial charge in [-0.05, 0) is 0 Å². The molecule has 4 nitrogen and oxygen atoms in total. The zero-order chi connectivity index (χ0) is 14.1. The number of halogens is 4. The Labute approximate surface area is 107 Å². The molecule has 19 heavy (non-hydrogen) atoms. The fourth-order valence-corrected chi connectivity index (χ4v) is 2.32. The van der Waals surface area contributed by atoms with E-state index in [0.717, 1.165) is 0 Å². The standard InChI is InChI=1S/C11H14F4N2O2/c12-8-7-10(19-16-8)3-5-17(6-4-10)9(18)1-2-11(13,14)15/h1-7H2. The molecule has 108 valence electrons. The number of piperidine rings is 1. The van der Waals surface area contributed by atoms with E-state index in [-0.39, 0.29) is 19.5 Å². The third-order valence-corrected chi connectivity index (χ3v) is 3.46. The summed E-state index contributed by atoms with van der Waals surface area (Å²) in [5, 5.41) is 3.25. The highest BCUT2D eigenvalue weighted by Gasteiger charge is 2.43. The van der Waals surface area contributed by atoms with Crippen LogP contribution in [-0.4, -0.2) is 41.6 Å². The minimum atomic E-state index is -4.32. The van der Waals surface area contributed by atoms with Crippen LogP contribution in [0.25, 0.3) is 0 Å². The predicted molar refractivity (Wildman–Crippen MR) is 58.1 cm³/mol. The summed E-state index contributed by atoms with van der Waals surface area (Å²) in [6.07, 6.45) is -5.11. The van der Waals surface area contributed by atoms with Gasteiger partial charge in [-0.15, -0.1) is 0 Å². The van der Waals surface area contributed by atoms with Crippen LogP contribution in [0.15, 0.2) is 5.16 Å². The van der Waals surface area contributed by atoms with Crippen LogP contribution in [0.5, 0.6) is 0 Å². The normalized spacial score (nSPS) is 22.3. The van der Waals surface area contributed by atoms with Crippen LogP contribution in [0.4, 0.5) is 17.6 Å². The number of hydrogen-bond donors (Lipinski definition) is 0. The molecule has 2 aliphatic heterocycles. The molecule has 0 bridgehead atoms. The second kappa shape index (κ2) is 4.97. The SMILES string of the molecule is O=C(CCC(F)(F)F)N1CCC2(CC1)CC(F)=NO2. The molecule has 1 amide bonds. The van der Waals surface area contributed by atoms with E-state index in [9.17, 15) is 22.4 Å². The van der Waals surface area contributed by atoms with Crippen molar-refractivity contribution in [3.63, 3.8) is 0 Å². The van der Waals surface area contributed by atoms with Crippen LogP contribution in [0, 0.1) is 0 Å². The number of nitrogens with zero attached hydrogens (tertiary/aromatic N) is 2. The quantitative estimate of drug-likeness (QED) is 0.730. The summed E-state index contributed by atoms with van der Waals surface area (Å²) in [4.78, 5) is 18.0. The molecule has 0 aromatic carbocycles. The van der Waals surface area contributed by atoms with Gasteiger partial charge >= 0.3 is 6.18 Å². The zero-order valence-electron chi connectivity index (χ0n) is 10.2. The summed E-state index contributed by atoms with van der Waals surface area (Å²) in [6, 6.07) is 0. The molecule has 2 aliphatic rings. The van der Waals surface area contributed by atoms with E-state index in [1.165, 1.54) is 4.90 Å². The third-order valence-electron chi connectivity index (χ3n) is 3.46. The summed E-state index contributed by atoms with van der Waals surface area (Å²) >= 11 is 0. The van der Waals surface area contributed by atoms with Crippen LogP contribution in [0.1, 0.15) is 32.1 Å². The predicted octanol–water partition coefficient (Wildman–Crippen LogP) is 2.39. The number of amides is 1. The summed E-state index contributed by atoms with van der Waals surface area (Å²) in [7, 11) is 0. The van der Waals surface area contributed by atoms with Crippen molar-refractivity contribution in [1.82, 2.24) is 4.90 Å². The van der Waals surface area contributed by atoms with Gasteiger partial charge in [0.25, 0.3) is 0 Å². The van der Waals surface area contributed by atoms with Crippen molar-refractivity contribution in [3.05, 3.63) is 0 Å². The van der Waals surface area contributed by atoms with Crippen LogP contribution in [0.3, 0.4) is 0 Å². The van der Waals surface area contributed by atoms with Crippen molar-refractivity contribution >= 4 is 11.9 Å². The first-order chi connectivity index (χ1) is 8.80. The van der Waals surface area contributed by atoms with Gasteiger partial charge in [0.1, 0.15) is 5.60 Å². The highest BCUT2D eigenvalue weighted by molar-refractivity contribution is 5.77. The van der Waals surface area contributed by atoms with Gasteiger partial charge in [-0.1, -0.05) is 5.16 Å². The molecule has 0 aliphatic carbocycles. The van der Waals surface area contributed by atoms with Crippen molar-refractivity contribution in [2.75, 3.05) is 13.1 Å². The van der Waals surface area contributed by atoms with Crippen molar-refractivity contribution in [2.45, 2.75) is 43.9 Å². The van der Waals surface area contributed by atoms with Crippen molar-refractivity contribution < 1.29 is 27.2 Å². The van der Waals surface area contributed by atoms with Crippen LogP contribution in [-0.2, 0) is 9.63 Å². The molecule has 1 saturated heterocycles. The summed E-state index contributed by atoms with van der Waals surface area (Å²) in [5.74, 6) is -1.09. The number of oxime groups is 1. The first kappa shape index (κ1) is 14.1. The van der Waals surface area contributed by atoms with Crippen LogP contribution >= 0.6 is 0 Å². The molecule has 0 atom stereocenters. The Morgan fingerprint density at radius 1 is 1.37 bits per heavy atom. The zero-order valence-corrected chi connectivity index (χ0v) is 10.2. The molecule has 0 radical (unpaired) electrons. The minimum Gasteiger partial charge on any atom is -0.386 e. The highest BCUT2D eigenvalue weighted by atomic mass is 19.4. The Balaban J connectivity index is 1.79. The largest absolute Gasteiger partial charge is 0.389 e. The summed E-state index contributed by atoms with van der Waals surface area (Å²) < 4.78 is 48.9.